The predicted molar refractivity (Wildman–Crippen MR) is 163 cm³/mol. The molecule has 2 amide bonds. The highest BCUT2D eigenvalue weighted by Crippen LogP contribution is 2.47. The van der Waals surface area contributed by atoms with Gasteiger partial charge in [0.1, 0.15) is 17.5 Å². The molecule has 0 bridgehead atoms. The largest absolute Gasteiger partial charge is 0.467 e. The first-order valence-corrected chi connectivity index (χ1v) is 15.6. The highest BCUT2D eigenvalue weighted by Gasteiger charge is 2.46. The number of amides is 2. The predicted octanol–water partition coefficient (Wildman–Crippen LogP) is 2.03. The van der Waals surface area contributed by atoms with Crippen LogP contribution in [0.5, 0.6) is 6.01 Å². The minimum absolute atomic E-state index is 0.216. The van der Waals surface area contributed by atoms with Crippen LogP contribution in [0.4, 0.5) is 10.2 Å². The molecule has 1 aliphatic carbocycles. The lowest BCUT2D eigenvalue weighted by Gasteiger charge is -2.43. The lowest BCUT2D eigenvalue weighted by molar-refractivity contribution is -0.130. The fourth-order valence-corrected chi connectivity index (χ4v) is 7.65. The highest BCUT2D eigenvalue weighted by molar-refractivity contribution is 5.89. The number of piperidine rings is 1. The molecule has 0 radical (unpaired) electrons. The van der Waals surface area contributed by atoms with E-state index in [4.69, 9.17) is 19.6 Å². The number of halogens is 1. The number of anilines is 1. The van der Waals surface area contributed by atoms with Gasteiger partial charge in [-0.25, -0.2) is 4.39 Å². The normalized spacial score (nSPS) is 28.4. The van der Waals surface area contributed by atoms with Crippen molar-refractivity contribution in [1.82, 2.24) is 25.5 Å². The van der Waals surface area contributed by atoms with Gasteiger partial charge in [-0.15, -0.1) is 0 Å². The maximum absolute atomic E-state index is 12.7. The van der Waals surface area contributed by atoms with Crippen LogP contribution in [0.15, 0.2) is 24.3 Å². The van der Waals surface area contributed by atoms with Crippen LogP contribution < -0.4 is 20.3 Å². The van der Waals surface area contributed by atoms with E-state index < -0.39 is 11.7 Å². The number of likely N-dealkylation sites (N-methyl/N-ethyl adjacent to an activating group) is 1. The number of aryl methyl sites for hydroxylation is 1. The third-order valence-corrected chi connectivity index (χ3v) is 9.73. The third-order valence-electron chi connectivity index (χ3n) is 9.73. The van der Waals surface area contributed by atoms with E-state index in [1.165, 1.54) is 24.0 Å². The Bertz CT molecular complexity index is 1320. The number of carbonyl (C=O) groups excluding carboxylic acids is 2. The van der Waals surface area contributed by atoms with E-state index in [1.807, 2.05) is 4.90 Å². The van der Waals surface area contributed by atoms with Gasteiger partial charge in [-0.3, -0.25) is 14.5 Å². The van der Waals surface area contributed by atoms with E-state index in [2.05, 4.69) is 44.8 Å². The number of alkyl halides is 1. The fraction of sp³-hybridized carbons (Fsp3) is 0.625. The Morgan fingerprint density at radius 2 is 2.02 bits per heavy atom. The van der Waals surface area contributed by atoms with Crippen molar-refractivity contribution in [2.45, 2.75) is 81.3 Å². The number of aliphatic hydroxyl groups is 1. The maximum atomic E-state index is 12.7. The molecular formula is C32H45FN6O5. The summed E-state index contributed by atoms with van der Waals surface area (Å²) < 4.78 is 24.6. The first kappa shape index (κ1) is 32.1. The summed E-state index contributed by atoms with van der Waals surface area (Å²) in [5, 5.41) is 12.5. The van der Waals surface area contributed by atoms with Crippen molar-refractivity contribution in [3.8, 4) is 6.01 Å². The molecule has 44 heavy (non-hydrogen) atoms. The smallest absolute Gasteiger partial charge is 0.318 e. The number of fused-ring (bicyclic) bond motifs is 4. The highest BCUT2D eigenvalue weighted by atomic mass is 19.1. The van der Waals surface area contributed by atoms with Crippen molar-refractivity contribution in [2.75, 3.05) is 52.3 Å². The lowest BCUT2D eigenvalue weighted by Crippen LogP contribution is -2.64. The van der Waals surface area contributed by atoms with Crippen LogP contribution in [0.25, 0.3) is 0 Å². The second-order valence-electron chi connectivity index (χ2n) is 12.1. The summed E-state index contributed by atoms with van der Waals surface area (Å²) in [4.78, 5) is 37.8. The molecule has 12 heteroatoms. The first-order chi connectivity index (χ1) is 21.4. The Morgan fingerprint density at radius 1 is 1.20 bits per heavy atom. The molecule has 1 aromatic carbocycles. The SMILES string of the molecule is CNC(=O)C1(NC=O)CCCN(c2nc(OC)nc3c2COC2(CCc4ccccc42)C3)C1.CO.FC1CC2CCCN2C1. The molecule has 3 N–H and O–H groups in total. The van der Waals surface area contributed by atoms with Crippen LogP contribution in [0, 0.1) is 0 Å². The number of nitrogens with zero attached hydrogens (tertiary/aromatic N) is 4. The van der Waals surface area contributed by atoms with E-state index in [0.29, 0.717) is 63.4 Å². The summed E-state index contributed by atoms with van der Waals surface area (Å²) >= 11 is 0. The standard InChI is InChI=1S/C24H29N5O4.C7H12FN.CH4O/c1-25-21(31)23(26-15-30)9-5-11-29(14-23)20-17-13-33-24(12-19(17)27-22(28-20)32-2)10-8-16-6-3-4-7-18(16)24;8-6-4-7-2-1-3-9(7)5-6;1-2/h3-4,6-7,15H,5,8-14H2,1-2H3,(H,25,31)(H,26,30);6-7H,1-5H2;2H,1H3. The van der Waals surface area contributed by atoms with Gasteiger partial charge < -0.3 is 30.1 Å². The molecule has 4 aliphatic heterocycles. The molecule has 3 fully saturated rings. The van der Waals surface area contributed by atoms with Gasteiger partial charge in [0, 0.05) is 45.3 Å². The van der Waals surface area contributed by atoms with Gasteiger partial charge in [-0.1, -0.05) is 24.3 Å². The molecule has 11 nitrogen and oxygen atoms in total. The van der Waals surface area contributed by atoms with Crippen LogP contribution in [0.3, 0.4) is 0 Å². The fourth-order valence-electron chi connectivity index (χ4n) is 7.65. The number of rotatable bonds is 5. The quantitative estimate of drug-likeness (QED) is 0.435. The minimum atomic E-state index is -1.01. The molecule has 1 aromatic heterocycles. The van der Waals surface area contributed by atoms with E-state index in [-0.39, 0.29) is 11.5 Å². The summed E-state index contributed by atoms with van der Waals surface area (Å²) in [6.07, 6.45) is 7.24. The average Bonchev–Trinajstić information content (AvgIpc) is 3.75. The van der Waals surface area contributed by atoms with Crippen molar-refractivity contribution in [1.29, 1.82) is 0 Å². The second kappa shape index (κ2) is 13.7. The maximum Gasteiger partial charge on any atom is 0.318 e. The molecule has 2 aromatic rings. The summed E-state index contributed by atoms with van der Waals surface area (Å²) in [7, 11) is 4.14. The monoisotopic (exact) mass is 612 g/mol. The summed E-state index contributed by atoms with van der Waals surface area (Å²) in [6, 6.07) is 9.36. The number of ether oxygens (including phenoxy) is 2. The Kier molecular flexibility index (Phi) is 10.0. The van der Waals surface area contributed by atoms with Crippen molar-refractivity contribution in [2.24, 2.45) is 0 Å². The van der Waals surface area contributed by atoms with Gasteiger partial charge in [-0.2, -0.15) is 9.97 Å². The zero-order valence-corrected chi connectivity index (χ0v) is 26.0. The van der Waals surface area contributed by atoms with Crippen molar-refractivity contribution in [3.05, 3.63) is 46.6 Å². The first-order valence-electron chi connectivity index (χ1n) is 15.6. The molecule has 1 spiro atoms. The zero-order valence-electron chi connectivity index (χ0n) is 26.0. The summed E-state index contributed by atoms with van der Waals surface area (Å²) in [5.74, 6) is 0.491. The van der Waals surface area contributed by atoms with Gasteiger partial charge in [0.15, 0.2) is 0 Å². The number of carbonyl (C=O) groups is 2. The van der Waals surface area contributed by atoms with Gasteiger partial charge >= 0.3 is 6.01 Å². The van der Waals surface area contributed by atoms with Crippen molar-refractivity contribution < 1.29 is 28.6 Å². The number of aliphatic hydroxyl groups excluding tert-OH is 1. The van der Waals surface area contributed by atoms with E-state index in [9.17, 15) is 14.0 Å². The van der Waals surface area contributed by atoms with Crippen LogP contribution in [0.1, 0.15) is 60.9 Å². The molecule has 0 saturated carbocycles. The van der Waals surface area contributed by atoms with E-state index in [1.54, 1.807) is 14.2 Å². The molecule has 4 atom stereocenters. The molecule has 4 unspecified atom stereocenters. The van der Waals surface area contributed by atoms with Crippen molar-refractivity contribution in [3.63, 3.8) is 0 Å². The zero-order chi connectivity index (χ0) is 31.3. The van der Waals surface area contributed by atoms with Crippen LogP contribution in [-0.4, -0.2) is 97.5 Å². The molecule has 240 valence electrons. The van der Waals surface area contributed by atoms with E-state index >= 15 is 0 Å². The van der Waals surface area contributed by atoms with Crippen LogP contribution >= 0.6 is 0 Å². The minimum Gasteiger partial charge on any atom is -0.467 e. The van der Waals surface area contributed by atoms with Gasteiger partial charge in [-0.05, 0) is 62.6 Å². The number of methoxy groups -OCH3 is 1. The molecule has 5 heterocycles. The Balaban J connectivity index is 0.000000294. The lowest BCUT2D eigenvalue weighted by atomic mass is 9.86. The van der Waals surface area contributed by atoms with Gasteiger partial charge in [0.25, 0.3) is 0 Å². The number of hydrogen-bond donors (Lipinski definition) is 3. The molecular weight excluding hydrogens is 567 g/mol. The Morgan fingerprint density at radius 3 is 2.77 bits per heavy atom. The van der Waals surface area contributed by atoms with Gasteiger partial charge in [0.05, 0.1) is 31.6 Å². The number of aromatic nitrogens is 2. The third kappa shape index (κ3) is 6.12. The van der Waals surface area contributed by atoms with Crippen LogP contribution in [0.2, 0.25) is 0 Å². The summed E-state index contributed by atoms with van der Waals surface area (Å²) in [5.41, 5.74) is 3.01. The van der Waals surface area contributed by atoms with E-state index in [0.717, 1.165) is 50.6 Å². The Labute approximate surface area is 258 Å². The molecule has 5 aliphatic rings. The van der Waals surface area contributed by atoms with Gasteiger partial charge in [0.2, 0.25) is 12.3 Å². The average molecular weight is 613 g/mol. The number of benzene rings is 1. The number of hydrogen-bond acceptors (Lipinski definition) is 9. The van der Waals surface area contributed by atoms with Crippen molar-refractivity contribution >= 4 is 18.1 Å². The topological polar surface area (TPSA) is 129 Å². The van der Waals surface area contributed by atoms with Crippen LogP contribution in [-0.2, 0) is 39.4 Å². The molecule has 3 saturated heterocycles. The molecule has 7 rings (SSSR count). The summed E-state index contributed by atoms with van der Waals surface area (Å²) in [6.45, 7) is 3.26. The Hall–Kier alpha value is -3.35. The number of nitrogens with one attached hydrogen (secondary N) is 2. The second-order valence-corrected chi connectivity index (χ2v) is 12.1.